The Morgan fingerprint density at radius 2 is 1.79 bits per heavy atom. The number of benzene rings is 1. The third kappa shape index (κ3) is 4.12. The van der Waals surface area contributed by atoms with E-state index in [2.05, 4.69) is 4.89 Å². The number of hydrogen-bond donors (Lipinski definition) is 0. The summed E-state index contributed by atoms with van der Waals surface area (Å²) in [5, 5.41) is 21.4. The van der Waals surface area contributed by atoms with Gasteiger partial charge < -0.3 is 0 Å². The van der Waals surface area contributed by atoms with Crippen LogP contribution in [0.2, 0.25) is 5.02 Å². The molecule has 0 spiro atoms. The van der Waals surface area contributed by atoms with E-state index >= 15 is 0 Å². The molecule has 0 aliphatic heterocycles. The molecule has 0 saturated carbocycles. The van der Waals surface area contributed by atoms with E-state index in [4.69, 9.17) is 16.5 Å². The fraction of sp³-hybridized carbons (Fsp3) is 0.400. The van der Waals surface area contributed by atoms with E-state index in [1.165, 1.54) is 6.07 Å². The molecule has 19 heavy (non-hydrogen) atoms. The second-order valence-corrected chi connectivity index (χ2v) is 3.83. The van der Waals surface area contributed by atoms with Crippen LogP contribution in [0.3, 0.4) is 0 Å². The lowest BCUT2D eigenvalue weighted by Gasteiger charge is -2.05. The molecule has 1 rings (SSSR count). The Labute approximate surface area is 113 Å². The zero-order valence-corrected chi connectivity index (χ0v) is 10.8. The summed E-state index contributed by atoms with van der Waals surface area (Å²) < 4.78 is 0. The number of nitrogens with zero attached hydrogens (tertiary/aromatic N) is 2. The molecular formula is C10H11ClN2O6. The van der Waals surface area contributed by atoms with Gasteiger partial charge in [0.05, 0.1) is 29.1 Å². The molecule has 0 aliphatic rings. The normalized spacial score (nSPS) is 10.4. The first-order chi connectivity index (χ1) is 8.97. The Balaban J connectivity index is 2.99. The van der Waals surface area contributed by atoms with E-state index < -0.39 is 15.5 Å². The minimum absolute atomic E-state index is 0.0861. The zero-order valence-electron chi connectivity index (χ0n) is 10.00. The molecule has 9 heteroatoms. The summed E-state index contributed by atoms with van der Waals surface area (Å²) in [4.78, 5) is 29.4. The smallest absolute Gasteiger partial charge is 0.258 e. The maximum absolute atomic E-state index is 10.9. The molecule has 0 amide bonds. The van der Waals surface area contributed by atoms with Gasteiger partial charge in [-0.2, -0.15) is 0 Å². The van der Waals surface area contributed by atoms with Crippen LogP contribution >= 0.6 is 11.6 Å². The number of hydrogen-bond acceptors (Lipinski definition) is 6. The Bertz CT molecular complexity index is 493. The summed E-state index contributed by atoms with van der Waals surface area (Å²) >= 11 is 5.70. The summed E-state index contributed by atoms with van der Waals surface area (Å²) in [6, 6.07) is 2.05. The molecule has 0 heterocycles. The standard InChI is InChI=1S/C10H11ClN2O6/c1-2-18-19-4-3-7-5-8(11)10(13(16)17)6-9(7)12(14)15/h5-6H,2-4H2,1H3. The van der Waals surface area contributed by atoms with Crippen molar-refractivity contribution in [2.24, 2.45) is 0 Å². The quantitative estimate of drug-likeness (QED) is 0.331. The summed E-state index contributed by atoms with van der Waals surface area (Å²) in [6.07, 6.45) is 0.161. The van der Waals surface area contributed by atoms with Gasteiger partial charge >= 0.3 is 0 Å². The SMILES string of the molecule is CCOOCCc1cc(Cl)c([N+](=O)[O-])cc1[N+](=O)[O-]. The second-order valence-electron chi connectivity index (χ2n) is 3.43. The highest BCUT2D eigenvalue weighted by atomic mass is 35.5. The van der Waals surface area contributed by atoms with Gasteiger partial charge in [0.25, 0.3) is 11.4 Å². The highest BCUT2D eigenvalue weighted by Gasteiger charge is 2.23. The van der Waals surface area contributed by atoms with Crippen LogP contribution in [-0.2, 0) is 16.2 Å². The first-order valence-electron chi connectivity index (χ1n) is 5.33. The largest absolute Gasteiger partial charge is 0.294 e. The molecule has 1 aromatic rings. The summed E-state index contributed by atoms with van der Waals surface area (Å²) in [5.74, 6) is 0. The van der Waals surface area contributed by atoms with Crippen molar-refractivity contribution in [2.45, 2.75) is 13.3 Å². The highest BCUT2D eigenvalue weighted by molar-refractivity contribution is 6.32. The van der Waals surface area contributed by atoms with Gasteiger partial charge in [-0.25, -0.2) is 9.78 Å². The molecule has 0 bridgehead atoms. The molecule has 0 N–H and O–H groups in total. The van der Waals surface area contributed by atoms with Gasteiger partial charge in [0.1, 0.15) is 5.02 Å². The first-order valence-corrected chi connectivity index (χ1v) is 5.70. The number of halogens is 1. The van der Waals surface area contributed by atoms with Gasteiger partial charge in [0.15, 0.2) is 0 Å². The Morgan fingerprint density at radius 3 is 2.32 bits per heavy atom. The van der Waals surface area contributed by atoms with Crippen LogP contribution in [0, 0.1) is 20.2 Å². The fourth-order valence-corrected chi connectivity index (χ4v) is 1.65. The Kier molecular flexibility index (Phi) is 5.61. The topological polar surface area (TPSA) is 105 Å². The molecule has 0 saturated heterocycles. The van der Waals surface area contributed by atoms with Crippen molar-refractivity contribution in [2.75, 3.05) is 13.2 Å². The van der Waals surface area contributed by atoms with Gasteiger partial charge in [-0.3, -0.25) is 20.2 Å². The van der Waals surface area contributed by atoms with Crippen LogP contribution < -0.4 is 0 Å². The molecule has 104 valence electrons. The van der Waals surface area contributed by atoms with Crippen LogP contribution in [0.1, 0.15) is 12.5 Å². The minimum atomic E-state index is -0.768. The van der Waals surface area contributed by atoms with Crippen molar-refractivity contribution in [1.29, 1.82) is 0 Å². The summed E-state index contributed by atoms with van der Waals surface area (Å²) in [6.45, 7) is 2.16. The molecule has 0 unspecified atom stereocenters. The second kappa shape index (κ2) is 6.98. The molecule has 8 nitrogen and oxygen atoms in total. The number of nitro groups is 2. The molecular weight excluding hydrogens is 280 g/mol. The molecule has 0 aliphatic carbocycles. The number of nitro benzene ring substituents is 2. The minimum Gasteiger partial charge on any atom is -0.258 e. The monoisotopic (exact) mass is 290 g/mol. The Morgan fingerprint density at radius 1 is 1.16 bits per heavy atom. The molecule has 0 fully saturated rings. The molecule has 0 atom stereocenters. The predicted octanol–water partition coefficient (Wildman–Crippen LogP) is 2.67. The van der Waals surface area contributed by atoms with Crippen molar-refractivity contribution < 1.29 is 19.6 Å². The van der Waals surface area contributed by atoms with Crippen LogP contribution in [0.4, 0.5) is 11.4 Å². The maximum atomic E-state index is 10.9. The van der Waals surface area contributed by atoms with Gasteiger partial charge in [-0.1, -0.05) is 11.6 Å². The van der Waals surface area contributed by atoms with Crippen LogP contribution in [-0.4, -0.2) is 23.1 Å². The lowest BCUT2D eigenvalue weighted by Crippen LogP contribution is -2.04. The van der Waals surface area contributed by atoms with Crippen LogP contribution in [0.25, 0.3) is 0 Å². The first kappa shape index (κ1) is 15.3. The van der Waals surface area contributed by atoms with Gasteiger partial charge in [0, 0.05) is 12.0 Å². The Hall–Kier alpha value is -1.77. The lowest BCUT2D eigenvalue weighted by atomic mass is 10.1. The maximum Gasteiger partial charge on any atom is 0.294 e. The average molecular weight is 291 g/mol. The highest BCUT2D eigenvalue weighted by Crippen LogP contribution is 2.32. The van der Waals surface area contributed by atoms with Crippen LogP contribution in [0.15, 0.2) is 12.1 Å². The third-order valence-electron chi connectivity index (χ3n) is 2.20. The van der Waals surface area contributed by atoms with E-state index in [9.17, 15) is 20.2 Å². The molecule has 1 aromatic carbocycles. The van der Waals surface area contributed by atoms with E-state index in [0.717, 1.165) is 6.07 Å². The van der Waals surface area contributed by atoms with Crippen molar-refractivity contribution in [1.82, 2.24) is 0 Å². The van der Waals surface area contributed by atoms with Gasteiger partial charge in [-0.15, -0.1) is 0 Å². The van der Waals surface area contributed by atoms with E-state index in [1.54, 1.807) is 6.92 Å². The summed E-state index contributed by atoms with van der Waals surface area (Å²) in [5.41, 5.74) is -0.612. The van der Waals surface area contributed by atoms with E-state index in [1.807, 2.05) is 0 Å². The van der Waals surface area contributed by atoms with E-state index in [0.29, 0.717) is 6.61 Å². The third-order valence-corrected chi connectivity index (χ3v) is 2.50. The molecule has 0 aromatic heterocycles. The van der Waals surface area contributed by atoms with Crippen molar-refractivity contribution in [3.8, 4) is 0 Å². The van der Waals surface area contributed by atoms with Crippen molar-refractivity contribution in [3.05, 3.63) is 42.9 Å². The summed E-state index contributed by atoms with van der Waals surface area (Å²) in [7, 11) is 0. The zero-order chi connectivity index (χ0) is 14.4. The fourth-order valence-electron chi connectivity index (χ4n) is 1.40. The van der Waals surface area contributed by atoms with Gasteiger partial charge in [-0.05, 0) is 13.0 Å². The lowest BCUT2D eigenvalue weighted by molar-refractivity contribution is -0.394. The van der Waals surface area contributed by atoms with E-state index in [-0.39, 0.29) is 29.3 Å². The predicted molar refractivity (Wildman–Crippen MR) is 66.0 cm³/mol. The van der Waals surface area contributed by atoms with Gasteiger partial charge in [0.2, 0.25) is 0 Å². The average Bonchev–Trinajstić information content (AvgIpc) is 2.33. The molecule has 0 radical (unpaired) electrons. The van der Waals surface area contributed by atoms with Crippen molar-refractivity contribution in [3.63, 3.8) is 0 Å². The van der Waals surface area contributed by atoms with Crippen LogP contribution in [0.5, 0.6) is 0 Å². The number of rotatable bonds is 7. The van der Waals surface area contributed by atoms with Crippen molar-refractivity contribution >= 4 is 23.0 Å².